The van der Waals surface area contributed by atoms with Crippen molar-refractivity contribution in [1.82, 2.24) is 4.90 Å². The molecule has 1 aliphatic rings. The van der Waals surface area contributed by atoms with Crippen molar-refractivity contribution in [3.8, 4) is 0 Å². The van der Waals surface area contributed by atoms with Gasteiger partial charge < -0.3 is 15.3 Å². The van der Waals surface area contributed by atoms with E-state index in [-0.39, 0.29) is 0 Å². The Balaban J connectivity index is 2.63. The van der Waals surface area contributed by atoms with E-state index in [1.165, 1.54) is 0 Å². The van der Waals surface area contributed by atoms with Gasteiger partial charge in [-0.2, -0.15) is 0 Å². The van der Waals surface area contributed by atoms with Gasteiger partial charge in [0.05, 0.1) is 12.7 Å². The third-order valence-electron chi connectivity index (χ3n) is 2.48. The molecule has 0 aromatic rings. The minimum absolute atomic E-state index is 0.395. The van der Waals surface area contributed by atoms with Gasteiger partial charge in [-0.3, -0.25) is 4.90 Å². The molecule has 0 amide bonds. The molecule has 0 bridgehead atoms. The molecule has 12 heavy (non-hydrogen) atoms. The van der Waals surface area contributed by atoms with Gasteiger partial charge in [0.15, 0.2) is 5.72 Å². The predicted molar refractivity (Wildman–Crippen MR) is 44.5 cm³/mol. The minimum atomic E-state index is -1.39. The molecule has 1 aliphatic heterocycles. The monoisotopic (exact) mass is 175 g/mol. The van der Waals surface area contributed by atoms with Crippen molar-refractivity contribution in [3.05, 3.63) is 0 Å². The van der Waals surface area contributed by atoms with Crippen LogP contribution in [0.4, 0.5) is 0 Å². The van der Waals surface area contributed by atoms with Crippen LogP contribution >= 0.6 is 0 Å². The van der Waals surface area contributed by atoms with E-state index in [1.54, 1.807) is 4.90 Å². The maximum Gasteiger partial charge on any atom is 0.168 e. The molecule has 1 fully saturated rings. The average molecular weight is 175 g/mol. The zero-order valence-corrected chi connectivity index (χ0v) is 7.40. The lowest BCUT2D eigenvalue weighted by molar-refractivity contribution is -0.165. The van der Waals surface area contributed by atoms with E-state index in [0.717, 1.165) is 6.42 Å². The summed E-state index contributed by atoms with van der Waals surface area (Å²) < 4.78 is 0. The Morgan fingerprint density at radius 2 is 2.25 bits per heavy atom. The van der Waals surface area contributed by atoms with E-state index >= 15 is 0 Å². The molecule has 72 valence electrons. The van der Waals surface area contributed by atoms with Crippen molar-refractivity contribution in [2.24, 2.45) is 0 Å². The number of nitrogens with zero attached hydrogens (tertiary/aromatic N) is 1. The van der Waals surface area contributed by atoms with E-state index in [2.05, 4.69) is 0 Å². The summed E-state index contributed by atoms with van der Waals surface area (Å²) in [6, 6.07) is 0. The van der Waals surface area contributed by atoms with E-state index in [0.29, 0.717) is 19.5 Å². The molecule has 2 unspecified atom stereocenters. The quantitative estimate of drug-likeness (QED) is 0.522. The molecule has 4 nitrogen and oxygen atoms in total. The Kier molecular flexibility index (Phi) is 3.06. The zero-order valence-electron chi connectivity index (χ0n) is 7.40. The molecule has 2 atom stereocenters. The highest BCUT2D eigenvalue weighted by Crippen LogP contribution is 2.26. The van der Waals surface area contributed by atoms with Crippen LogP contribution in [0.2, 0.25) is 0 Å². The SMILES string of the molecule is CCCN1CCC(O)C1(O)CO. The number of aliphatic hydroxyl groups excluding tert-OH is 2. The lowest BCUT2D eigenvalue weighted by atomic mass is 10.1. The zero-order chi connectivity index (χ0) is 9.19. The number of aliphatic hydroxyl groups is 3. The molecule has 1 heterocycles. The summed E-state index contributed by atoms with van der Waals surface area (Å²) >= 11 is 0. The summed E-state index contributed by atoms with van der Waals surface area (Å²) in [6.07, 6.45) is 0.639. The predicted octanol–water partition coefficient (Wildman–Crippen LogP) is -0.856. The van der Waals surface area contributed by atoms with E-state index < -0.39 is 18.4 Å². The molecule has 0 aromatic carbocycles. The Morgan fingerprint density at radius 3 is 2.75 bits per heavy atom. The lowest BCUT2D eigenvalue weighted by Crippen LogP contribution is -2.53. The Morgan fingerprint density at radius 1 is 1.58 bits per heavy atom. The fraction of sp³-hybridized carbons (Fsp3) is 1.00. The van der Waals surface area contributed by atoms with Crippen LogP contribution in [0.25, 0.3) is 0 Å². The van der Waals surface area contributed by atoms with Gasteiger partial charge in [-0.05, 0) is 12.8 Å². The first-order chi connectivity index (χ1) is 5.65. The van der Waals surface area contributed by atoms with Crippen molar-refractivity contribution in [2.75, 3.05) is 19.7 Å². The second-order valence-electron chi connectivity index (χ2n) is 3.33. The van der Waals surface area contributed by atoms with Crippen LogP contribution in [0.3, 0.4) is 0 Å². The van der Waals surface area contributed by atoms with Gasteiger partial charge in [0, 0.05) is 13.1 Å². The number of hydrogen-bond donors (Lipinski definition) is 3. The van der Waals surface area contributed by atoms with Gasteiger partial charge in [0.1, 0.15) is 0 Å². The second-order valence-corrected chi connectivity index (χ2v) is 3.33. The number of rotatable bonds is 3. The maximum absolute atomic E-state index is 9.79. The fourth-order valence-corrected chi connectivity index (χ4v) is 1.69. The van der Waals surface area contributed by atoms with Crippen LogP contribution in [-0.4, -0.2) is 51.7 Å². The first-order valence-corrected chi connectivity index (χ1v) is 4.41. The van der Waals surface area contributed by atoms with Crippen LogP contribution in [0, 0.1) is 0 Å². The fourth-order valence-electron chi connectivity index (χ4n) is 1.69. The van der Waals surface area contributed by atoms with E-state index in [4.69, 9.17) is 5.11 Å². The molecule has 0 radical (unpaired) electrons. The molecule has 0 aliphatic carbocycles. The molecule has 0 spiro atoms. The molecule has 1 rings (SSSR count). The van der Waals surface area contributed by atoms with Crippen LogP contribution in [0.5, 0.6) is 0 Å². The van der Waals surface area contributed by atoms with Crippen LogP contribution in [-0.2, 0) is 0 Å². The molecule has 3 N–H and O–H groups in total. The number of likely N-dealkylation sites (tertiary alicyclic amines) is 1. The third-order valence-corrected chi connectivity index (χ3v) is 2.48. The molecular weight excluding hydrogens is 158 g/mol. The van der Waals surface area contributed by atoms with Crippen molar-refractivity contribution in [3.63, 3.8) is 0 Å². The lowest BCUT2D eigenvalue weighted by Gasteiger charge is -2.33. The normalized spacial score (nSPS) is 37.5. The smallest absolute Gasteiger partial charge is 0.168 e. The Bertz CT molecular complexity index is 151. The second kappa shape index (κ2) is 3.70. The largest absolute Gasteiger partial charge is 0.392 e. The molecule has 0 saturated carbocycles. The summed E-state index contributed by atoms with van der Waals surface area (Å²) in [4.78, 5) is 1.73. The summed E-state index contributed by atoms with van der Waals surface area (Å²) in [6.45, 7) is 2.98. The highest BCUT2D eigenvalue weighted by molar-refractivity contribution is 4.92. The van der Waals surface area contributed by atoms with Crippen LogP contribution in [0.1, 0.15) is 19.8 Å². The average Bonchev–Trinajstić information content (AvgIpc) is 2.34. The van der Waals surface area contributed by atoms with Gasteiger partial charge in [-0.1, -0.05) is 6.92 Å². The van der Waals surface area contributed by atoms with Crippen molar-refractivity contribution in [2.45, 2.75) is 31.6 Å². The van der Waals surface area contributed by atoms with Crippen molar-refractivity contribution < 1.29 is 15.3 Å². The maximum atomic E-state index is 9.79. The van der Waals surface area contributed by atoms with E-state index in [1.807, 2.05) is 6.92 Å². The van der Waals surface area contributed by atoms with Crippen LogP contribution in [0.15, 0.2) is 0 Å². The van der Waals surface area contributed by atoms with Gasteiger partial charge in [0.2, 0.25) is 0 Å². The first-order valence-electron chi connectivity index (χ1n) is 4.41. The summed E-state index contributed by atoms with van der Waals surface area (Å²) in [5.41, 5.74) is -1.39. The highest BCUT2D eigenvalue weighted by atomic mass is 16.4. The summed E-state index contributed by atoms with van der Waals surface area (Å²) in [7, 11) is 0. The molecule has 0 aromatic heterocycles. The number of hydrogen-bond acceptors (Lipinski definition) is 4. The van der Waals surface area contributed by atoms with Crippen LogP contribution < -0.4 is 0 Å². The minimum Gasteiger partial charge on any atom is -0.392 e. The molecule has 4 heteroatoms. The van der Waals surface area contributed by atoms with Crippen molar-refractivity contribution >= 4 is 0 Å². The van der Waals surface area contributed by atoms with Gasteiger partial charge >= 0.3 is 0 Å². The summed E-state index contributed by atoms with van der Waals surface area (Å²) in [5, 5.41) is 28.1. The van der Waals surface area contributed by atoms with E-state index in [9.17, 15) is 10.2 Å². The van der Waals surface area contributed by atoms with Gasteiger partial charge in [0.25, 0.3) is 0 Å². The standard InChI is InChI=1S/C8H17NO3/c1-2-4-9-5-3-7(11)8(9,12)6-10/h7,10-12H,2-6H2,1H3. The topological polar surface area (TPSA) is 63.9 Å². The first kappa shape index (κ1) is 9.92. The Hall–Kier alpha value is -0.160. The third kappa shape index (κ3) is 1.47. The van der Waals surface area contributed by atoms with Crippen molar-refractivity contribution in [1.29, 1.82) is 0 Å². The molecule has 1 saturated heterocycles. The highest BCUT2D eigenvalue weighted by Gasteiger charge is 2.45. The summed E-state index contributed by atoms with van der Waals surface area (Å²) in [5.74, 6) is 0. The van der Waals surface area contributed by atoms with Gasteiger partial charge in [-0.25, -0.2) is 0 Å². The molecular formula is C8H17NO3. The Labute approximate surface area is 72.4 Å². The van der Waals surface area contributed by atoms with Gasteiger partial charge in [-0.15, -0.1) is 0 Å².